The number of hydrogen-bond donors (Lipinski definition) is 1. The third kappa shape index (κ3) is 6.06. The Balaban J connectivity index is 1.65. The fraction of sp³-hybridized carbons (Fsp3) is 0.765. The molecule has 0 bridgehead atoms. The maximum absolute atomic E-state index is 12.8. The van der Waals surface area contributed by atoms with E-state index < -0.39 is 20.6 Å². The fourth-order valence-corrected chi connectivity index (χ4v) is 10.1. The minimum Gasteiger partial charge on any atom is -0.497 e. The number of benzene rings is 1. The fourth-order valence-electron chi connectivity index (χ4n) is 8.60. The zero-order valence-corrected chi connectivity index (χ0v) is 27.4. The van der Waals surface area contributed by atoms with E-state index in [9.17, 15) is 18.3 Å². The third-order valence-corrected chi connectivity index (χ3v) is 16.2. The van der Waals surface area contributed by atoms with Gasteiger partial charge in [0.2, 0.25) is 0 Å². The number of alkyl halides is 3. The number of unbranched alkanes of at least 4 members (excludes halogenated alkanes) is 2. The predicted octanol–water partition coefficient (Wildman–Crippen LogP) is 9.60. The number of aliphatic hydroxyl groups excluding tert-OH is 1. The van der Waals surface area contributed by atoms with Crippen LogP contribution in [0.25, 0.3) is 0 Å². The van der Waals surface area contributed by atoms with Gasteiger partial charge in [-0.3, -0.25) is 0 Å². The van der Waals surface area contributed by atoms with Gasteiger partial charge < -0.3 is 14.3 Å². The monoisotopic (exact) mass is 594 g/mol. The highest BCUT2D eigenvalue weighted by Crippen LogP contribution is 2.70. The average molecular weight is 595 g/mol. The van der Waals surface area contributed by atoms with Gasteiger partial charge in [0.15, 0.2) is 8.32 Å². The number of fused-ring (bicyclic) bond motifs is 5. The third-order valence-electron chi connectivity index (χ3n) is 11.7. The van der Waals surface area contributed by atoms with Crippen LogP contribution in [0.1, 0.15) is 103 Å². The number of aliphatic hydroxyl groups is 1. The second kappa shape index (κ2) is 11.6. The molecule has 3 nitrogen and oxygen atoms in total. The molecule has 0 aromatic heterocycles. The first-order valence-corrected chi connectivity index (χ1v) is 18.6. The minimum atomic E-state index is -4.54. The van der Waals surface area contributed by atoms with E-state index in [4.69, 9.17) is 9.16 Å². The van der Waals surface area contributed by atoms with Crippen LogP contribution in [0.15, 0.2) is 30.9 Å². The van der Waals surface area contributed by atoms with Crippen molar-refractivity contribution >= 4 is 8.32 Å². The van der Waals surface area contributed by atoms with Crippen molar-refractivity contribution in [3.05, 3.63) is 42.0 Å². The van der Waals surface area contributed by atoms with E-state index >= 15 is 0 Å². The maximum atomic E-state index is 12.8. The second-order valence-electron chi connectivity index (χ2n) is 15.0. The van der Waals surface area contributed by atoms with Gasteiger partial charge in [0.1, 0.15) is 11.9 Å². The first-order chi connectivity index (χ1) is 19.0. The van der Waals surface area contributed by atoms with Crippen molar-refractivity contribution in [3.8, 4) is 5.75 Å². The lowest BCUT2D eigenvalue weighted by Crippen LogP contribution is -2.56. The van der Waals surface area contributed by atoms with Gasteiger partial charge in [0.05, 0.1) is 13.2 Å². The Morgan fingerprint density at radius 2 is 1.85 bits per heavy atom. The molecule has 0 radical (unpaired) electrons. The van der Waals surface area contributed by atoms with Crippen LogP contribution in [0.4, 0.5) is 13.2 Å². The summed E-state index contributed by atoms with van der Waals surface area (Å²) in [5.41, 5.74) is 2.77. The van der Waals surface area contributed by atoms with Crippen molar-refractivity contribution in [3.63, 3.8) is 0 Å². The number of hydrogen-bond acceptors (Lipinski definition) is 3. The quantitative estimate of drug-likeness (QED) is 0.167. The van der Waals surface area contributed by atoms with Crippen LogP contribution in [0.3, 0.4) is 0 Å². The molecule has 7 heteroatoms. The molecule has 2 saturated carbocycles. The van der Waals surface area contributed by atoms with Crippen LogP contribution in [0, 0.1) is 22.7 Å². The van der Waals surface area contributed by atoms with Crippen molar-refractivity contribution in [1.29, 1.82) is 0 Å². The average Bonchev–Trinajstić information content (AvgIpc) is 3.21. The molecule has 1 aromatic carbocycles. The summed E-state index contributed by atoms with van der Waals surface area (Å²) in [6.07, 6.45) is 3.75. The van der Waals surface area contributed by atoms with Crippen molar-refractivity contribution in [2.45, 2.75) is 134 Å². The molecule has 0 saturated heterocycles. The number of aryl methyl sites for hydroxylation is 1. The Morgan fingerprint density at radius 1 is 1.15 bits per heavy atom. The molecule has 41 heavy (non-hydrogen) atoms. The second-order valence-corrected chi connectivity index (χ2v) is 19.8. The van der Waals surface area contributed by atoms with Gasteiger partial charge in [-0.15, -0.1) is 6.58 Å². The molecule has 232 valence electrons. The molecule has 1 N–H and O–H groups in total. The van der Waals surface area contributed by atoms with Crippen LogP contribution >= 0.6 is 0 Å². The topological polar surface area (TPSA) is 38.7 Å². The van der Waals surface area contributed by atoms with Crippen molar-refractivity contribution in [2.75, 3.05) is 7.11 Å². The number of methoxy groups -OCH3 is 1. The summed E-state index contributed by atoms with van der Waals surface area (Å²) in [5, 5.41) is 9.60. The Labute approximate surface area is 247 Å². The molecule has 0 spiro atoms. The molecule has 2 fully saturated rings. The lowest BCUT2D eigenvalue weighted by atomic mass is 9.44. The first kappa shape index (κ1) is 32.6. The summed E-state index contributed by atoms with van der Waals surface area (Å²) in [5.74, 6) is 2.10. The lowest BCUT2D eigenvalue weighted by molar-refractivity contribution is -0.205. The molecule has 3 aliphatic rings. The highest BCUT2D eigenvalue weighted by Gasteiger charge is 2.64. The zero-order chi connectivity index (χ0) is 30.4. The Morgan fingerprint density at radius 3 is 2.46 bits per heavy atom. The Bertz CT molecular complexity index is 1080. The Hall–Kier alpha value is -1.31. The highest BCUT2D eigenvalue weighted by atomic mass is 28.4. The maximum Gasteiger partial charge on any atom is 0.414 e. The van der Waals surface area contributed by atoms with Gasteiger partial charge >= 0.3 is 6.18 Å². The van der Waals surface area contributed by atoms with Crippen LogP contribution in [-0.2, 0) is 10.8 Å². The number of allylic oxidation sites excluding steroid dienone is 1. The molecular weight excluding hydrogens is 541 g/mol. The predicted molar refractivity (Wildman–Crippen MR) is 163 cm³/mol. The van der Waals surface area contributed by atoms with Crippen LogP contribution in [0.2, 0.25) is 18.1 Å². The van der Waals surface area contributed by atoms with Crippen LogP contribution in [-0.4, -0.2) is 38.9 Å². The number of ether oxygens (including phenoxy) is 1. The summed E-state index contributed by atoms with van der Waals surface area (Å²) in [4.78, 5) is 0. The molecule has 1 aromatic rings. The van der Waals surface area contributed by atoms with Gasteiger partial charge in [-0.25, -0.2) is 0 Å². The van der Waals surface area contributed by atoms with Gasteiger partial charge in [0.25, 0.3) is 0 Å². The van der Waals surface area contributed by atoms with E-state index in [1.165, 1.54) is 11.1 Å². The lowest BCUT2D eigenvalue weighted by Gasteiger charge is -2.61. The summed E-state index contributed by atoms with van der Waals surface area (Å²) in [7, 11) is -0.267. The summed E-state index contributed by atoms with van der Waals surface area (Å²) in [6.45, 7) is 18.6. The molecule has 0 unspecified atom stereocenters. The number of halogens is 3. The van der Waals surface area contributed by atoms with Crippen molar-refractivity contribution in [2.24, 2.45) is 22.7 Å². The SMILES string of the molecule is C=C[C@]12CCc3cc(OC)ccc3[C@H]1[C@@H](CCCCC[C@@H](O)C(F)(F)F)C[C@]1(C)[C@@H](O[Si](C)(C)C(C)(C)C)CC[C@H]12. The largest absolute Gasteiger partial charge is 0.497 e. The van der Waals surface area contributed by atoms with E-state index in [0.717, 1.165) is 50.7 Å². The molecular formula is C34H53F3O3Si. The highest BCUT2D eigenvalue weighted by molar-refractivity contribution is 6.74. The van der Waals surface area contributed by atoms with Gasteiger partial charge in [0, 0.05) is 0 Å². The summed E-state index contributed by atoms with van der Waals surface area (Å²) < 4.78 is 51.3. The number of rotatable bonds is 10. The first-order valence-electron chi connectivity index (χ1n) is 15.7. The normalized spacial score (nSPS) is 32.6. The molecule has 0 heterocycles. The summed E-state index contributed by atoms with van der Waals surface area (Å²) in [6, 6.07) is 6.55. The molecule has 0 amide bonds. The van der Waals surface area contributed by atoms with Crippen LogP contribution in [0.5, 0.6) is 5.75 Å². The molecule has 0 aliphatic heterocycles. The van der Waals surface area contributed by atoms with Gasteiger partial charge in [-0.05, 0) is 115 Å². The van der Waals surface area contributed by atoms with Crippen molar-refractivity contribution in [1.82, 2.24) is 0 Å². The van der Waals surface area contributed by atoms with Gasteiger partial charge in [-0.2, -0.15) is 13.2 Å². The van der Waals surface area contributed by atoms with Crippen LogP contribution < -0.4 is 4.74 Å². The van der Waals surface area contributed by atoms with E-state index in [1.54, 1.807) is 7.11 Å². The van der Waals surface area contributed by atoms with Gasteiger partial charge in [-0.1, -0.05) is 59.1 Å². The van der Waals surface area contributed by atoms with Crippen molar-refractivity contribution < 1.29 is 27.4 Å². The van der Waals surface area contributed by atoms with E-state index in [1.807, 2.05) is 0 Å². The standard InChI is InChI=1S/C34H53F3O3Si/c1-9-33-20-19-23-21-25(39-6)15-16-26(23)30(33)24(13-11-10-12-14-28(38)34(35,36)37)22-32(5)27(33)17-18-29(32)40-41(7,8)31(2,3)4/h9,15-16,21,24,27-30,38H,1,10-14,17-20,22H2,2-8H3/t24-,27+,28+,29-,30+,32-,33+/m0/s1. The Kier molecular flexibility index (Phi) is 9.26. The van der Waals surface area contributed by atoms with E-state index in [2.05, 4.69) is 71.6 Å². The van der Waals surface area contributed by atoms with E-state index in [0.29, 0.717) is 30.6 Å². The minimum absolute atomic E-state index is 0.0291. The smallest absolute Gasteiger partial charge is 0.414 e. The zero-order valence-electron chi connectivity index (χ0n) is 26.4. The molecule has 7 atom stereocenters. The van der Waals surface area contributed by atoms with E-state index in [-0.39, 0.29) is 28.4 Å². The summed E-state index contributed by atoms with van der Waals surface area (Å²) >= 11 is 0. The molecule has 3 aliphatic carbocycles. The molecule has 4 rings (SSSR count).